The zero-order chi connectivity index (χ0) is 31.3. The number of hydrogen-bond acceptors (Lipinski definition) is 7. The topological polar surface area (TPSA) is 125 Å². The lowest BCUT2D eigenvalue weighted by Gasteiger charge is -2.39. The van der Waals surface area contributed by atoms with Crippen LogP contribution in [0.1, 0.15) is 45.1 Å². The van der Waals surface area contributed by atoms with Crippen LogP contribution in [0.3, 0.4) is 0 Å². The molecule has 10 nitrogen and oxygen atoms in total. The number of amides is 3. The highest BCUT2D eigenvalue weighted by atomic mass is 79.9. The van der Waals surface area contributed by atoms with E-state index < -0.39 is 53.6 Å². The quantitative estimate of drug-likeness (QED) is 0.169. The van der Waals surface area contributed by atoms with Gasteiger partial charge < -0.3 is 29.7 Å². The Balaban J connectivity index is 1.63. The lowest BCUT2D eigenvalue weighted by molar-refractivity contribution is -0.160. The van der Waals surface area contributed by atoms with Gasteiger partial charge in [0.25, 0.3) is 0 Å². The van der Waals surface area contributed by atoms with Crippen molar-refractivity contribution in [3.8, 4) is 0 Å². The normalized spacial score (nSPS) is 28.6. The van der Waals surface area contributed by atoms with Gasteiger partial charge in [-0.3, -0.25) is 19.2 Å². The van der Waals surface area contributed by atoms with Crippen molar-refractivity contribution in [3.05, 3.63) is 61.2 Å². The van der Waals surface area contributed by atoms with Gasteiger partial charge in [-0.05, 0) is 31.7 Å². The van der Waals surface area contributed by atoms with E-state index in [1.54, 1.807) is 24.0 Å². The zero-order valence-electron chi connectivity index (χ0n) is 24.8. The number of benzene rings is 1. The molecule has 3 aliphatic rings. The van der Waals surface area contributed by atoms with E-state index in [1.807, 2.05) is 37.3 Å². The zero-order valence-corrected chi connectivity index (χ0v) is 26.4. The van der Waals surface area contributed by atoms with E-state index in [0.29, 0.717) is 25.8 Å². The Bertz CT molecular complexity index is 1210. The van der Waals surface area contributed by atoms with Crippen molar-refractivity contribution in [1.82, 2.24) is 15.1 Å². The molecule has 4 rings (SSSR count). The highest BCUT2D eigenvalue weighted by Crippen LogP contribution is 2.60. The average molecular weight is 661 g/mol. The molecule has 3 aliphatic heterocycles. The number of esters is 1. The molecule has 2 N–H and O–H groups in total. The van der Waals surface area contributed by atoms with E-state index in [-0.39, 0.29) is 42.8 Å². The molecular weight excluding hydrogens is 618 g/mol. The first kappa shape index (κ1) is 32.9. The predicted molar refractivity (Wildman–Crippen MR) is 164 cm³/mol. The van der Waals surface area contributed by atoms with Crippen LogP contribution in [0, 0.1) is 11.8 Å². The van der Waals surface area contributed by atoms with Crippen LogP contribution in [0.4, 0.5) is 0 Å². The van der Waals surface area contributed by atoms with Crippen LogP contribution in [0.15, 0.2) is 55.6 Å². The lowest BCUT2D eigenvalue weighted by Crippen LogP contribution is -2.58. The number of halogens is 1. The van der Waals surface area contributed by atoms with E-state index in [0.717, 1.165) is 5.56 Å². The van der Waals surface area contributed by atoms with E-state index in [2.05, 4.69) is 34.4 Å². The molecule has 1 spiro atoms. The summed E-state index contributed by atoms with van der Waals surface area (Å²) in [6.45, 7) is 11.3. The maximum atomic E-state index is 14.5. The summed E-state index contributed by atoms with van der Waals surface area (Å²) in [5.74, 6) is -3.42. The molecule has 234 valence electrons. The van der Waals surface area contributed by atoms with Gasteiger partial charge in [0.15, 0.2) is 0 Å². The summed E-state index contributed by atoms with van der Waals surface area (Å²) >= 11 is 3.67. The molecule has 1 aromatic carbocycles. The molecule has 1 unspecified atom stereocenters. The third-order valence-corrected chi connectivity index (χ3v) is 9.51. The minimum absolute atomic E-state index is 0.118. The fourth-order valence-electron chi connectivity index (χ4n) is 6.69. The van der Waals surface area contributed by atoms with Gasteiger partial charge in [0.2, 0.25) is 17.7 Å². The number of likely N-dealkylation sites (tertiary alicyclic amines) is 1. The number of hydrogen-bond donors (Lipinski definition) is 2. The number of aliphatic hydroxyl groups excluding tert-OH is 1. The van der Waals surface area contributed by atoms with Crippen LogP contribution in [-0.4, -0.2) is 93.0 Å². The molecule has 0 saturated carbocycles. The van der Waals surface area contributed by atoms with Crippen LogP contribution in [0.5, 0.6) is 0 Å². The summed E-state index contributed by atoms with van der Waals surface area (Å²) in [4.78, 5) is 57.3. The van der Waals surface area contributed by atoms with E-state index in [9.17, 15) is 24.3 Å². The monoisotopic (exact) mass is 659 g/mol. The highest BCUT2D eigenvalue weighted by Gasteiger charge is 2.77. The number of nitrogens with one attached hydrogen (secondary N) is 1. The maximum absolute atomic E-state index is 14.5. The molecule has 11 heteroatoms. The number of carbonyl (C=O) groups is 4. The highest BCUT2D eigenvalue weighted by molar-refractivity contribution is 9.09. The molecule has 3 heterocycles. The van der Waals surface area contributed by atoms with Crippen LogP contribution < -0.4 is 5.32 Å². The SMILES string of the molecule is C=CCCC(=O)NC[C@@H](C)OC(=O)[C@@H]1[C@H]2O[C@@]3(CC2Br)[C@H](C(=O)N(CC=C)Cc2ccccc2)N([C@@H](CC)CO)C(=O)[C@@H]13. The van der Waals surface area contributed by atoms with Crippen molar-refractivity contribution in [2.45, 2.75) is 80.8 Å². The van der Waals surface area contributed by atoms with Gasteiger partial charge in [0.05, 0.1) is 37.1 Å². The molecular formula is C32H42BrN3O7. The fourth-order valence-corrected chi connectivity index (χ4v) is 7.63. The van der Waals surface area contributed by atoms with Crippen molar-refractivity contribution in [3.63, 3.8) is 0 Å². The number of rotatable bonds is 15. The third kappa shape index (κ3) is 6.44. The Hall–Kier alpha value is -3.02. The lowest BCUT2D eigenvalue weighted by atomic mass is 9.70. The number of nitrogens with zero attached hydrogens (tertiary/aromatic N) is 2. The van der Waals surface area contributed by atoms with Crippen LogP contribution >= 0.6 is 15.9 Å². The molecule has 1 aromatic rings. The third-order valence-electron chi connectivity index (χ3n) is 8.67. The second-order valence-corrected chi connectivity index (χ2v) is 12.7. The van der Waals surface area contributed by atoms with Gasteiger partial charge in [-0.25, -0.2) is 0 Å². The van der Waals surface area contributed by atoms with E-state index in [4.69, 9.17) is 9.47 Å². The smallest absolute Gasteiger partial charge is 0.312 e. The summed E-state index contributed by atoms with van der Waals surface area (Å²) in [7, 11) is 0. The summed E-state index contributed by atoms with van der Waals surface area (Å²) in [6, 6.07) is 7.85. The summed E-state index contributed by atoms with van der Waals surface area (Å²) in [5, 5.41) is 13.0. The number of allylic oxidation sites excluding steroid dienone is 1. The number of fused-ring (bicyclic) bond motifs is 1. The summed E-state index contributed by atoms with van der Waals surface area (Å²) in [6.07, 6.45) is 3.55. The fraction of sp³-hybridized carbons (Fsp3) is 0.562. The molecule has 0 aromatic heterocycles. The molecule has 43 heavy (non-hydrogen) atoms. The standard InChI is InChI=1S/C32H42BrN3O7/c1-5-8-14-24(38)34-17-20(4)42-31(41)25-26-29(39)36(22(7-3)19-37)28(32(26)16-23(33)27(25)43-32)30(40)35(15-6-2)18-21-12-10-9-11-13-21/h5-6,9-13,20,22-23,25-28,37H,1-2,7-8,14-19H2,3-4H3,(H,34,38)/t20-,22+,23?,25+,26-,27+,28+,32-/m1/s1. The van der Waals surface area contributed by atoms with Gasteiger partial charge in [0.1, 0.15) is 17.7 Å². The van der Waals surface area contributed by atoms with Crippen LogP contribution in [0.2, 0.25) is 0 Å². The molecule has 3 fully saturated rings. The second kappa shape index (κ2) is 14.2. The van der Waals surface area contributed by atoms with Crippen molar-refractivity contribution in [2.75, 3.05) is 19.7 Å². The van der Waals surface area contributed by atoms with Crippen molar-refractivity contribution < 1.29 is 33.8 Å². The van der Waals surface area contributed by atoms with Crippen LogP contribution in [-0.2, 0) is 35.2 Å². The van der Waals surface area contributed by atoms with Gasteiger partial charge >= 0.3 is 5.97 Å². The number of carbonyl (C=O) groups excluding carboxylic acids is 4. The summed E-state index contributed by atoms with van der Waals surface area (Å²) < 4.78 is 12.3. The molecule has 0 aliphatic carbocycles. The van der Waals surface area contributed by atoms with Crippen LogP contribution in [0.25, 0.3) is 0 Å². The Morgan fingerprint density at radius 1 is 1.28 bits per heavy atom. The predicted octanol–water partition coefficient (Wildman–Crippen LogP) is 2.73. The molecule has 3 amide bonds. The largest absolute Gasteiger partial charge is 0.460 e. The minimum Gasteiger partial charge on any atom is -0.460 e. The van der Waals surface area contributed by atoms with E-state index in [1.165, 1.54) is 4.90 Å². The van der Waals surface area contributed by atoms with Gasteiger partial charge in [0, 0.05) is 24.3 Å². The van der Waals surface area contributed by atoms with Crippen molar-refractivity contribution in [2.24, 2.45) is 11.8 Å². The first-order valence-corrected chi connectivity index (χ1v) is 15.8. The molecule has 0 radical (unpaired) electrons. The Morgan fingerprint density at radius 3 is 2.63 bits per heavy atom. The Kier molecular flexibility index (Phi) is 10.8. The number of alkyl halides is 1. The number of ether oxygens (including phenoxy) is 2. The molecule has 3 saturated heterocycles. The molecule has 2 bridgehead atoms. The second-order valence-electron chi connectivity index (χ2n) is 11.5. The Morgan fingerprint density at radius 2 is 2.00 bits per heavy atom. The Labute approximate surface area is 261 Å². The summed E-state index contributed by atoms with van der Waals surface area (Å²) in [5.41, 5.74) is -0.365. The van der Waals surface area contributed by atoms with Gasteiger partial charge in [-0.15, -0.1) is 13.2 Å². The molecule has 8 atom stereocenters. The van der Waals surface area contributed by atoms with Gasteiger partial charge in [-0.2, -0.15) is 0 Å². The minimum atomic E-state index is -1.28. The maximum Gasteiger partial charge on any atom is 0.312 e. The van der Waals surface area contributed by atoms with Crippen molar-refractivity contribution >= 4 is 39.6 Å². The van der Waals surface area contributed by atoms with E-state index >= 15 is 0 Å². The first-order chi connectivity index (χ1) is 20.6. The first-order valence-electron chi connectivity index (χ1n) is 14.9. The van der Waals surface area contributed by atoms with Gasteiger partial charge in [-0.1, -0.05) is 65.3 Å². The average Bonchev–Trinajstić information content (AvgIpc) is 3.59. The van der Waals surface area contributed by atoms with Crippen molar-refractivity contribution in [1.29, 1.82) is 0 Å². The number of aliphatic hydroxyl groups is 1.